The van der Waals surface area contributed by atoms with Crippen LogP contribution in [0.15, 0.2) is 97.1 Å². The highest BCUT2D eigenvalue weighted by atomic mass is 19.1. The summed E-state index contributed by atoms with van der Waals surface area (Å²) in [6, 6.07) is 20.1. The van der Waals surface area contributed by atoms with Gasteiger partial charge in [-0.15, -0.1) is 0 Å². The third-order valence-corrected chi connectivity index (χ3v) is 9.92. The van der Waals surface area contributed by atoms with E-state index in [0.29, 0.717) is 47.2 Å². The lowest BCUT2D eigenvalue weighted by molar-refractivity contribution is -0.136. The van der Waals surface area contributed by atoms with Crippen LogP contribution in [0.25, 0.3) is 0 Å². The fourth-order valence-corrected chi connectivity index (χ4v) is 8.10. The van der Waals surface area contributed by atoms with E-state index in [1.54, 1.807) is 70.7 Å². The lowest BCUT2D eigenvalue weighted by Gasteiger charge is -2.35. The molecule has 10 nitrogen and oxygen atoms in total. The van der Waals surface area contributed by atoms with E-state index in [1.165, 1.54) is 36.4 Å². The van der Waals surface area contributed by atoms with Gasteiger partial charge < -0.3 is 9.47 Å². The molecule has 4 heterocycles. The van der Waals surface area contributed by atoms with Crippen LogP contribution in [-0.4, -0.2) is 58.9 Å². The van der Waals surface area contributed by atoms with Crippen molar-refractivity contribution in [3.8, 4) is 11.5 Å². The van der Waals surface area contributed by atoms with E-state index in [4.69, 9.17) is 9.47 Å². The standard InChI is InChI=1S/C38H32F2N4O6/c1-3-49-27-15-11-25(12-16-27)41-35(45)29-31(21-7-5-9-23(39)19-21)44-34-30(32(43(44)33(29)37(41)47)22-8-6-10-24(40)20-22)36(46)42(38(34)48)26-13-17-28(18-14-26)50-4-2/h5-20,29-34H,3-4H2,1-2H3/t29-,30-,31+,32+,33+,34+/m0/s1. The molecule has 4 aliphatic rings. The van der Waals surface area contributed by atoms with Crippen LogP contribution in [0.2, 0.25) is 0 Å². The topological polar surface area (TPSA) is 99.7 Å². The van der Waals surface area contributed by atoms with Gasteiger partial charge in [0.25, 0.3) is 11.8 Å². The maximum atomic E-state index is 14.9. The Morgan fingerprint density at radius 1 is 0.520 bits per heavy atom. The van der Waals surface area contributed by atoms with Crippen LogP contribution in [0.1, 0.15) is 37.1 Å². The second kappa shape index (κ2) is 12.1. The summed E-state index contributed by atoms with van der Waals surface area (Å²) < 4.78 is 40.9. The van der Waals surface area contributed by atoms with Crippen molar-refractivity contribution < 1.29 is 37.4 Å². The molecule has 0 radical (unpaired) electrons. The van der Waals surface area contributed by atoms with Gasteiger partial charge in [-0.05, 0) is 97.8 Å². The number of halogens is 2. The first kappa shape index (κ1) is 31.8. The van der Waals surface area contributed by atoms with Crippen LogP contribution < -0.4 is 19.3 Å². The van der Waals surface area contributed by atoms with E-state index in [0.717, 1.165) is 9.80 Å². The average Bonchev–Trinajstić information content (AvgIpc) is 3.77. The molecule has 0 spiro atoms. The van der Waals surface area contributed by atoms with Gasteiger partial charge >= 0.3 is 0 Å². The molecular formula is C38H32F2N4O6. The van der Waals surface area contributed by atoms with Gasteiger partial charge in [-0.2, -0.15) is 0 Å². The third-order valence-electron chi connectivity index (χ3n) is 9.92. The van der Waals surface area contributed by atoms with Crippen molar-refractivity contribution in [2.75, 3.05) is 23.0 Å². The zero-order valence-electron chi connectivity index (χ0n) is 27.1. The molecule has 4 saturated heterocycles. The SMILES string of the molecule is CCOc1ccc(N2C(=O)[C@H]3[C@@H](c4cccc(F)c4)N4[C@H]5C(=O)N(c6ccc(OCC)cc6)C(=O)[C@H]5[C@@H](c5cccc(F)c5)N4[C@H]3C2=O)cc1. The number of carbonyl (C=O) groups is 4. The summed E-state index contributed by atoms with van der Waals surface area (Å²) in [6.45, 7) is 4.55. The fraction of sp³-hybridized carbons (Fsp3) is 0.263. The summed E-state index contributed by atoms with van der Waals surface area (Å²) >= 11 is 0. The minimum atomic E-state index is -1.18. The first-order chi connectivity index (χ1) is 24.2. The van der Waals surface area contributed by atoms with E-state index < -0.39 is 71.3 Å². The first-order valence-corrected chi connectivity index (χ1v) is 16.5. The van der Waals surface area contributed by atoms with Crippen molar-refractivity contribution in [3.05, 3.63) is 120 Å². The molecule has 0 aliphatic carbocycles. The van der Waals surface area contributed by atoms with Crippen molar-refractivity contribution >= 4 is 35.0 Å². The van der Waals surface area contributed by atoms with Crippen molar-refractivity contribution in [1.29, 1.82) is 0 Å². The zero-order chi connectivity index (χ0) is 34.8. The van der Waals surface area contributed by atoms with Crippen LogP contribution in [0.4, 0.5) is 20.2 Å². The largest absolute Gasteiger partial charge is 0.494 e. The number of nitrogens with zero attached hydrogens (tertiary/aromatic N) is 4. The fourth-order valence-electron chi connectivity index (χ4n) is 8.10. The number of imide groups is 2. The van der Waals surface area contributed by atoms with E-state index in [-0.39, 0.29) is 0 Å². The smallest absolute Gasteiger partial charge is 0.253 e. The van der Waals surface area contributed by atoms with Crippen LogP contribution >= 0.6 is 0 Å². The quantitative estimate of drug-likeness (QED) is 0.235. The number of hydrogen-bond donors (Lipinski definition) is 0. The third kappa shape index (κ3) is 4.73. The van der Waals surface area contributed by atoms with Gasteiger partial charge in [0.05, 0.1) is 48.5 Å². The number of hydrogen-bond acceptors (Lipinski definition) is 8. The molecule has 8 rings (SSSR count). The number of benzene rings is 4. The molecule has 12 heteroatoms. The van der Waals surface area contributed by atoms with Crippen LogP contribution in [-0.2, 0) is 19.2 Å². The highest BCUT2D eigenvalue weighted by molar-refractivity contribution is 6.26. The monoisotopic (exact) mass is 678 g/mol. The van der Waals surface area contributed by atoms with E-state index >= 15 is 0 Å². The average molecular weight is 679 g/mol. The van der Waals surface area contributed by atoms with Gasteiger partial charge in [-0.1, -0.05) is 24.3 Å². The maximum Gasteiger partial charge on any atom is 0.253 e. The lowest BCUT2D eigenvalue weighted by atomic mass is 9.84. The number of ether oxygens (including phenoxy) is 2. The number of hydrazine groups is 1. The molecule has 4 aromatic carbocycles. The Morgan fingerprint density at radius 3 is 1.24 bits per heavy atom. The Labute approximate surface area is 286 Å². The Morgan fingerprint density at radius 2 is 0.900 bits per heavy atom. The predicted octanol–water partition coefficient (Wildman–Crippen LogP) is 5.21. The van der Waals surface area contributed by atoms with Gasteiger partial charge in [0.1, 0.15) is 35.2 Å². The first-order valence-electron chi connectivity index (χ1n) is 16.5. The minimum absolute atomic E-state index is 0.318. The Balaban J connectivity index is 1.28. The predicted molar refractivity (Wildman–Crippen MR) is 177 cm³/mol. The van der Waals surface area contributed by atoms with Crippen molar-refractivity contribution in [3.63, 3.8) is 0 Å². The molecule has 50 heavy (non-hydrogen) atoms. The van der Waals surface area contributed by atoms with Crippen molar-refractivity contribution in [1.82, 2.24) is 10.0 Å². The van der Waals surface area contributed by atoms with Crippen LogP contribution in [0.3, 0.4) is 0 Å². The second-order valence-electron chi connectivity index (χ2n) is 12.6. The molecule has 0 aromatic heterocycles. The summed E-state index contributed by atoms with van der Waals surface area (Å²) in [5.74, 6) is -4.41. The van der Waals surface area contributed by atoms with E-state index in [9.17, 15) is 28.0 Å². The molecule has 0 N–H and O–H groups in total. The summed E-state index contributed by atoms with van der Waals surface area (Å²) in [6.07, 6.45) is 0. The number of rotatable bonds is 8. The maximum absolute atomic E-state index is 14.9. The van der Waals surface area contributed by atoms with Gasteiger partial charge in [-0.3, -0.25) is 19.2 Å². The summed E-state index contributed by atoms with van der Waals surface area (Å²) in [7, 11) is 0. The Bertz CT molecular complexity index is 1880. The molecule has 0 saturated carbocycles. The molecule has 4 aromatic rings. The molecule has 4 aliphatic heterocycles. The highest BCUT2D eigenvalue weighted by Crippen LogP contribution is 2.59. The Kier molecular flexibility index (Phi) is 7.72. The van der Waals surface area contributed by atoms with Crippen LogP contribution in [0.5, 0.6) is 11.5 Å². The zero-order valence-corrected chi connectivity index (χ0v) is 27.1. The molecule has 0 bridgehead atoms. The molecule has 6 atom stereocenters. The van der Waals surface area contributed by atoms with Gasteiger partial charge in [0.2, 0.25) is 11.8 Å². The summed E-state index contributed by atoms with van der Waals surface area (Å²) in [5, 5.41) is 3.23. The molecule has 0 unspecified atom stereocenters. The Hall–Kier alpha value is -5.46. The molecule has 4 fully saturated rings. The van der Waals surface area contributed by atoms with Gasteiger partial charge in [-0.25, -0.2) is 28.6 Å². The summed E-state index contributed by atoms with van der Waals surface area (Å²) in [4.78, 5) is 60.3. The summed E-state index contributed by atoms with van der Waals surface area (Å²) in [5.41, 5.74) is 1.35. The van der Waals surface area contributed by atoms with Gasteiger partial charge in [0, 0.05) is 0 Å². The number of carbonyl (C=O) groups excluding carboxylic acids is 4. The number of anilines is 2. The molecule has 4 amide bonds. The number of fused-ring (bicyclic) bond motifs is 5. The van der Waals surface area contributed by atoms with Crippen LogP contribution in [0, 0.1) is 23.5 Å². The minimum Gasteiger partial charge on any atom is -0.494 e. The van der Waals surface area contributed by atoms with Crippen molar-refractivity contribution in [2.45, 2.75) is 38.0 Å². The van der Waals surface area contributed by atoms with E-state index in [1.807, 2.05) is 13.8 Å². The van der Waals surface area contributed by atoms with E-state index in [2.05, 4.69) is 0 Å². The normalized spacial score (nSPS) is 26.1. The lowest BCUT2D eigenvalue weighted by Crippen LogP contribution is -2.50. The molecular weight excluding hydrogens is 646 g/mol. The van der Waals surface area contributed by atoms with Crippen molar-refractivity contribution in [2.24, 2.45) is 11.8 Å². The second-order valence-corrected chi connectivity index (χ2v) is 12.6. The van der Waals surface area contributed by atoms with Gasteiger partial charge in [0.15, 0.2) is 0 Å². The highest BCUT2D eigenvalue weighted by Gasteiger charge is 2.73. The molecule has 254 valence electrons. The number of amides is 4.